The minimum absolute atomic E-state index is 0. The van der Waals surface area contributed by atoms with Crippen molar-refractivity contribution in [1.82, 2.24) is 15.1 Å². The van der Waals surface area contributed by atoms with Gasteiger partial charge in [0.15, 0.2) is 5.82 Å². The molecule has 0 radical (unpaired) electrons. The first-order chi connectivity index (χ1) is 17.9. The molecule has 0 spiro atoms. The van der Waals surface area contributed by atoms with Crippen LogP contribution in [0.25, 0.3) is 0 Å². The van der Waals surface area contributed by atoms with Gasteiger partial charge in [-0.1, -0.05) is 31.2 Å². The zero-order chi connectivity index (χ0) is 27.6. The highest BCUT2D eigenvalue weighted by Gasteiger charge is 2.34. The third-order valence-corrected chi connectivity index (χ3v) is 6.78. The number of nitrogens with zero attached hydrogens (tertiary/aromatic N) is 4. The smallest absolute Gasteiger partial charge is 0.289 e. The monoisotopic (exact) mass is 594 g/mol. The van der Waals surface area contributed by atoms with E-state index in [0.29, 0.717) is 53.0 Å². The van der Waals surface area contributed by atoms with E-state index in [0.717, 1.165) is 28.2 Å². The first-order valence-electron chi connectivity index (χ1n) is 11.1. The first-order valence-corrected chi connectivity index (χ1v) is 14.2. The molecule has 1 fully saturated rings. The molecule has 0 aliphatic carbocycles. The summed E-state index contributed by atoms with van der Waals surface area (Å²) in [6.07, 6.45) is 0.715. The number of amidine groups is 1. The third kappa shape index (κ3) is 7.29. The van der Waals surface area contributed by atoms with Crippen molar-refractivity contribution in [3.63, 3.8) is 0 Å². The lowest BCUT2D eigenvalue weighted by atomic mass is 10.1. The fourth-order valence-electron chi connectivity index (χ4n) is 3.93. The van der Waals surface area contributed by atoms with Gasteiger partial charge >= 0.3 is 0 Å². The van der Waals surface area contributed by atoms with Gasteiger partial charge in [-0.25, -0.2) is 0 Å². The maximum Gasteiger partial charge on any atom is 0.289 e. The van der Waals surface area contributed by atoms with E-state index in [-0.39, 0.29) is 31.1 Å². The number of rotatable bonds is 5. The van der Waals surface area contributed by atoms with Crippen LogP contribution in [0.15, 0.2) is 36.4 Å². The Bertz CT molecular complexity index is 1520. The number of hydrogen-bond donors (Lipinski definition) is 3. The summed E-state index contributed by atoms with van der Waals surface area (Å²) >= 11 is 7.08. The van der Waals surface area contributed by atoms with Crippen LogP contribution in [0.5, 0.6) is 0 Å². The molecule has 12 nitrogen and oxygen atoms in total. The lowest BCUT2D eigenvalue weighted by molar-refractivity contribution is 0.0767. The minimum atomic E-state index is -3.67. The number of amides is 2. The number of carbonyl (C=O) groups is 2. The lowest BCUT2D eigenvalue weighted by Gasteiger charge is -2.19. The predicted octanol–water partition coefficient (Wildman–Crippen LogP) is 3.82. The highest BCUT2D eigenvalue weighted by atomic mass is 35.5. The number of benzene rings is 1. The highest BCUT2D eigenvalue weighted by molar-refractivity contribution is 7.85. The molecule has 5 rings (SSSR count). The minimum Gasteiger partial charge on any atom is -0.463 e. The molecule has 1 aromatic carbocycles. The van der Waals surface area contributed by atoms with Gasteiger partial charge in [0.05, 0.1) is 33.3 Å². The summed E-state index contributed by atoms with van der Waals surface area (Å²) in [5, 5.41) is 18.9. The summed E-state index contributed by atoms with van der Waals surface area (Å²) in [6, 6.07) is 11.1. The van der Waals surface area contributed by atoms with Crippen LogP contribution in [0, 0.1) is 12.3 Å². The van der Waals surface area contributed by atoms with E-state index < -0.39 is 10.1 Å². The molecule has 208 valence electrons. The second kappa shape index (κ2) is 12.1. The number of fused-ring (bicyclic) bond motifs is 1. The molecular weight excluding hydrogens is 568 g/mol. The van der Waals surface area contributed by atoms with Gasteiger partial charge in [-0.2, -0.15) is 13.5 Å². The van der Waals surface area contributed by atoms with E-state index in [4.69, 9.17) is 26.3 Å². The van der Waals surface area contributed by atoms with Gasteiger partial charge < -0.3 is 15.0 Å². The van der Waals surface area contributed by atoms with E-state index in [9.17, 15) is 18.0 Å². The van der Waals surface area contributed by atoms with Crippen LogP contribution in [0.4, 0.5) is 11.5 Å². The number of hydrogen-bond acceptors (Lipinski definition) is 9. The Balaban J connectivity index is 0.000000644. The summed E-state index contributed by atoms with van der Waals surface area (Å²) in [5.41, 5.74) is 3.53. The maximum atomic E-state index is 13.3. The van der Waals surface area contributed by atoms with Crippen molar-refractivity contribution in [1.29, 1.82) is 5.41 Å². The van der Waals surface area contributed by atoms with Crippen molar-refractivity contribution < 1.29 is 27.3 Å². The van der Waals surface area contributed by atoms with Gasteiger partial charge in [0.2, 0.25) is 0 Å². The number of halogens is 1. The van der Waals surface area contributed by atoms with Crippen molar-refractivity contribution >= 4 is 62.4 Å². The van der Waals surface area contributed by atoms with Crippen LogP contribution in [0.1, 0.15) is 44.3 Å². The number of ether oxygens (including phenoxy) is 1. The van der Waals surface area contributed by atoms with Crippen LogP contribution in [-0.2, 0) is 27.9 Å². The van der Waals surface area contributed by atoms with E-state index in [1.807, 2.05) is 24.3 Å². The second-order valence-corrected chi connectivity index (χ2v) is 11.6. The Hall–Kier alpha value is -3.59. The Morgan fingerprint density at radius 1 is 1.28 bits per heavy atom. The fraction of sp³-hybridized carbons (Fsp3) is 0.292. The predicted molar refractivity (Wildman–Crippen MR) is 149 cm³/mol. The average molecular weight is 595 g/mol. The van der Waals surface area contributed by atoms with Crippen LogP contribution in [-0.4, -0.2) is 65.3 Å². The van der Waals surface area contributed by atoms with Crippen LogP contribution in [0.2, 0.25) is 4.34 Å². The van der Waals surface area contributed by atoms with Crippen LogP contribution in [0.3, 0.4) is 0 Å². The SMILES string of the molecule is C.CS(=O)(=O)O.Cc1nnc(NC(=O)c2ccc(Cl)s2)c2c1CN(Cc1cccc(N3CCOC3=N)c1)C2=O. The normalized spacial score (nSPS) is 14.3. The number of nitrogens with one attached hydrogen (secondary N) is 2. The van der Waals surface area contributed by atoms with Crippen LogP contribution < -0.4 is 10.2 Å². The standard InChI is InChI=1S/C22H19ClN6O3S.CH4O3S.CH4/c1-12-15-11-28(10-13-3-2-4-14(9-13)29-7-8-32-22(29)24)21(31)18(15)19(27-26-12)25-20(30)16-5-6-17(23)33-16;1-5(2,3)4;/h2-6,9,24H,7-8,10-11H2,1H3,(H,25,27,30);1H3,(H,2,3,4);1H4. The molecule has 4 heterocycles. The number of aryl methyl sites for hydroxylation is 1. The zero-order valence-corrected chi connectivity index (χ0v) is 22.7. The maximum absolute atomic E-state index is 13.3. The number of aromatic nitrogens is 2. The zero-order valence-electron chi connectivity index (χ0n) is 20.3. The van der Waals surface area contributed by atoms with Crippen LogP contribution >= 0.6 is 22.9 Å². The quantitative estimate of drug-likeness (QED) is 0.372. The topological polar surface area (TPSA) is 166 Å². The van der Waals surface area contributed by atoms with Crippen molar-refractivity contribution in [3.8, 4) is 0 Å². The summed E-state index contributed by atoms with van der Waals surface area (Å²) in [5.74, 6) is -0.458. The molecule has 0 saturated carbocycles. The number of thiophene rings is 1. The molecule has 2 aromatic heterocycles. The van der Waals surface area contributed by atoms with E-state index in [1.165, 1.54) is 0 Å². The molecule has 2 aliphatic heterocycles. The molecule has 3 N–H and O–H groups in total. The number of anilines is 2. The number of carbonyl (C=O) groups excluding carboxylic acids is 2. The van der Waals surface area contributed by atoms with Crippen molar-refractivity contribution in [3.05, 3.63) is 68.0 Å². The third-order valence-electron chi connectivity index (χ3n) is 5.55. The summed E-state index contributed by atoms with van der Waals surface area (Å²) in [4.78, 5) is 29.8. The first kappa shape index (κ1) is 30.0. The van der Waals surface area contributed by atoms with Gasteiger partial charge in [-0.3, -0.25) is 24.5 Å². The molecule has 2 aliphatic rings. The fourth-order valence-corrected chi connectivity index (χ4v) is 4.87. The summed E-state index contributed by atoms with van der Waals surface area (Å²) in [6.45, 7) is 3.64. The van der Waals surface area contributed by atoms with Gasteiger partial charge in [0, 0.05) is 24.3 Å². The molecule has 3 aromatic rings. The molecule has 0 unspecified atom stereocenters. The summed E-state index contributed by atoms with van der Waals surface area (Å²) in [7, 11) is -3.67. The lowest BCUT2D eigenvalue weighted by Crippen LogP contribution is -2.26. The van der Waals surface area contributed by atoms with Gasteiger partial charge in [-0.15, -0.1) is 16.4 Å². The Kier molecular flexibility index (Phi) is 9.27. The Morgan fingerprint density at radius 2 is 2.00 bits per heavy atom. The second-order valence-electron chi connectivity index (χ2n) is 8.41. The Morgan fingerprint density at radius 3 is 2.62 bits per heavy atom. The average Bonchev–Trinajstić information content (AvgIpc) is 3.55. The van der Waals surface area contributed by atoms with E-state index in [1.54, 1.807) is 28.9 Å². The molecular formula is C24H27ClN6O6S2. The van der Waals surface area contributed by atoms with E-state index in [2.05, 4.69) is 15.5 Å². The molecule has 0 bridgehead atoms. The van der Waals surface area contributed by atoms with E-state index >= 15 is 0 Å². The summed E-state index contributed by atoms with van der Waals surface area (Å²) < 4.78 is 31.6. The van der Waals surface area contributed by atoms with Gasteiger partial charge in [0.25, 0.3) is 28.0 Å². The molecule has 15 heteroatoms. The molecule has 2 amide bonds. The largest absolute Gasteiger partial charge is 0.463 e. The Labute approximate surface area is 234 Å². The molecule has 1 saturated heterocycles. The van der Waals surface area contributed by atoms with Crippen molar-refractivity contribution in [2.45, 2.75) is 27.4 Å². The van der Waals surface area contributed by atoms with Gasteiger partial charge in [0.1, 0.15) is 6.61 Å². The molecule has 0 atom stereocenters. The highest BCUT2D eigenvalue weighted by Crippen LogP contribution is 2.32. The van der Waals surface area contributed by atoms with Crippen molar-refractivity contribution in [2.75, 3.05) is 29.6 Å². The molecule has 39 heavy (non-hydrogen) atoms. The van der Waals surface area contributed by atoms with Crippen molar-refractivity contribution in [2.24, 2.45) is 0 Å². The van der Waals surface area contributed by atoms with Gasteiger partial charge in [-0.05, 0) is 36.8 Å².